The first-order valence-corrected chi connectivity index (χ1v) is 7.43. The lowest BCUT2D eigenvalue weighted by molar-refractivity contribution is -0.0318. The van der Waals surface area contributed by atoms with Crippen molar-refractivity contribution in [1.82, 2.24) is 10.2 Å². The molecule has 6 nitrogen and oxygen atoms in total. The first-order chi connectivity index (χ1) is 10.2. The molecule has 2 rings (SSSR count). The highest BCUT2D eigenvalue weighted by atomic mass is 16.5. The summed E-state index contributed by atoms with van der Waals surface area (Å²) < 4.78 is 16.1. The maximum Gasteiger partial charge on any atom is 0.317 e. The Kier molecular flexibility index (Phi) is 6.07. The summed E-state index contributed by atoms with van der Waals surface area (Å²) in [5, 5.41) is 2.93. The molecule has 2 heterocycles. The van der Waals surface area contributed by atoms with Gasteiger partial charge in [0.05, 0.1) is 25.0 Å². The molecule has 1 N–H and O–H groups in total. The molecule has 0 bridgehead atoms. The highest BCUT2D eigenvalue weighted by Crippen LogP contribution is 2.11. The Morgan fingerprint density at radius 3 is 3.14 bits per heavy atom. The van der Waals surface area contributed by atoms with Gasteiger partial charge in [0.15, 0.2) is 0 Å². The molecular weight excluding hydrogens is 272 g/mol. The molecule has 1 fully saturated rings. The van der Waals surface area contributed by atoms with E-state index in [0.29, 0.717) is 32.9 Å². The van der Waals surface area contributed by atoms with Gasteiger partial charge in [0, 0.05) is 19.7 Å². The molecular formula is C15H24N2O4. The number of hydrogen-bond acceptors (Lipinski definition) is 4. The first-order valence-electron chi connectivity index (χ1n) is 7.43. The maximum atomic E-state index is 12.1. The van der Waals surface area contributed by atoms with Gasteiger partial charge >= 0.3 is 6.03 Å². The lowest BCUT2D eigenvalue weighted by atomic mass is 10.2. The molecule has 0 unspecified atom stereocenters. The van der Waals surface area contributed by atoms with Gasteiger partial charge in [0.2, 0.25) is 0 Å². The Morgan fingerprint density at radius 2 is 2.38 bits per heavy atom. The van der Waals surface area contributed by atoms with Crippen molar-refractivity contribution in [1.29, 1.82) is 0 Å². The zero-order valence-electron chi connectivity index (χ0n) is 12.7. The first kappa shape index (κ1) is 15.9. The fraction of sp³-hybridized carbons (Fsp3) is 0.667. The minimum absolute atomic E-state index is 0.0244. The Hall–Kier alpha value is -1.53. The summed E-state index contributed by atoms with van der Waals surface area (Å²) in [5.74, 6) is 0.815. The summed E-state index contributed by atoms with van der Waals surface area (Å²) in [7, 11) is 0. The van der Waals surface area contributed by atoms with Crippen molar-refractivity contribution in [3.63, 3.8) is 0 Å². The summed E-state index contributed by atoms with van der Waals surface area (Å²) in [6.45, 7) is 6.89. The molecule has 0 spiro atoms. The van der Waals surface area contributed by atoms with Crippen LogP contribution in [0, 0.1) is 0 Å². The van der Waals surface area contributed by atoms with Gasteiger partial charge in [-0.25, -0.2) is 4.79 Å². The largest absolute Gasteiger partial charge is 0.467 e. The molecule has 2 amide bonds. The fourth-order valence-corrected chi connectivity index (χ4v) is 2.22. The van der Waals surface area contributed by atoms with Crippen LogP contribution in [0.2, 0.25) is 0 Å². The van der Waals surface area contributed by atoms with Crippen molar-refractivity contribution in [3.05, 3.63) is 24.2 Å². The smallest absolute Gasteiger partial charge is 0.317 e. The molecule has 0 aliphatic carbocycles. The quantitative estimate of drug-likeness (QED) is 0.816. The van der Waals surface area contributed by atoms with Crippen LogP contribution in [0.4, 0.5) is 4.79 Å². The van der Waals surface area contributed by atoms with Crippen LogP contribution in [0.15, 0.2) is 22.8 Å². The van der Waals surface area contributed by atoms with Crippen LogP contribution >= 0.6 is 0 Å². The summed E-state index contributed by atoms with van der Waals surface area (Å²) >= 11 is 0. The minimum Gasteiger partial charge on any atom is -0.467 e. The number of nitrogens with one attached hydrogen (secondary N) is 1. The van der Waals surface area contributed by atoms with E-state index < -0.39 is 0 Å². The van der Waals surface area contributed by atoms with Crippen molar-refractivity contribution in [2.75, 3.05) is 26.3 Å². The number of hydrogen-bond donors (Lipinski definition) is 1. The van der Waals surface area contributed by atoms with Crippen molar-refractivity contribution in [2.24, 2.45) is 0 Å². The van der Waals surface area contributed by atoms with Gasteiger partial charge in [0.1, 0.15) is 12.4 Å². The SMILES string of the molecule is C[C@@H]1CO[C@@H](C)CN1C(=O)NCCCOCc1ccco1. The Morgan fingerprint density at radius 1 is 1.52 bits per heavy atom. The van der Waals surface area contributed by atoms with Crippen LogP contribution in [0.25, 0.3) is 0 Å². The van der Waals surface area contributed by atoms with Crippen molar-refractivity contribution in [2.45, 2.75) is 39.0 Å². The van der Waals surface area contributed by atoms with Crippen molar-refractivity contribution < 1.29 is 18.7 Å². The van der Waals surface area contributed by atoms with Crippen molar-refractivity contribution >= 4 is 6.03 Å². The third-order valence-electron chi connectivity index (χ3n) is 3.43. The maximum absolute atomic E-state index is 12.1. The molecule has 1 aromatic heterocycles. The van der Waals surface area contributed by atoms with Gasteiger partial charge in [-0.15, -0.1) is 0 Å². The Labute approximate surface area is 125 Å². The van der Waals surface area contributed by atoms with E-state index in [0.717, 1.165) is 12.2 Å². The molecule has 21 heavy (non-hydrogen) atoms. The summed E-state index contributed by atoms with van der Waals surface area (Å²) in [5.41, 5.74) is 0. The number of rotatable bonds is 6. The molecule has 6 heteroatoms. The molecule has 0 radical (unpaired) electrons. The summed E-state index contributed by atoms with van der Waals surface area (Å²) in [4.78, 5) is 13.9. The number of carbonyl (C=O) groups excluding carboxylic acids is 1. The second kappa shape index (κ2) is 8.05. The van der Waals surface area contributed by atoms with E-state index in [9.17, 15) is 4.79 Å². The molecule has 2 atom stereocenters. The monoisotopic (exact) mass is 296 g/mol. The van der Waals surface area contributed by atoms with Gasteiger partial charge in [-0.2, -0.15) is 0 Å². The van der Waals surface area contributed by atoms with Crippen LogP contribution in [-0.2, 0) is 16.1 Å². The average molecular weight is 296 g/mol. The minimum atomic E-state index is -0.0244. The van der Waals surface area contributed by atoms with E-state index in [2.05, 4.69) is 5.32 Å². The number of ether oxygens (including phenoxy) is 2. The molecule has 0 saturated carbocycles. The number of carbonyl (C=O) groups is 1. The molecule has 1 saturated heterocycles. The normalized spacial score (nSPS) is 22.3. The molecule has 0 aromatic carbocycles. The molecule has 1 aromatic rings. The summed E-state index contributed by atoms with van der Waals surface area (Å²) in [6, 6.07) is 3.81. The van der Waals surface area contributed by atoms with Crippen LogP contribution in [-0.4, -0.2) is 49.4 Å². The van der Waals surface area contributed by atoms with Gasteiger partial charge in [-0.05, 0) is 32.4 Å². The fourth-order valence-electron chi connectivity index (χ4n) is 2.22. The summed E-state index contributed by atoms with van der Waals surface area (Å²) in [6.07, 6.45) is 2.51. The van der Waals surface area contributed by atoms with E-state index in [4.69, 9.17) is 13.9 Å². The standard InChI is InChI=1S/C15H24N2O4/c1-12-10-21-13(2)9-17(12)15(18)16-6-4-7-19-11-14-5-3-8-20-14/h3,5,8,12-13H,4,6-7,9-11H2,1-2H3,(H,16,18)/t12-,13+/m1/s1. The van der Waals surface area contributed by atoms with Gasteiger partial charge in [0.25, 0.3) is 0 Å². The number of amides is 2. The second-order valence-corrected chi connectivity index (χ2v) is 5.36. The lowest BCUT2D eigenvalue weighted by Gasteiger charge is -2.36. The van der Waals surface area contributed by atoms with Crippen molar-refractivity contribution in [3.8, 4) is 0 Å². The molecule has 1 aliphatic heterocycles. The predicted molar refractivity (Wildman–Crippen MR) is 78.0 cm³/mol. The zero-order valence-corrected chi connectivity index (χ0v) is 12.7. The average Bonchev–Trinajstić information content (AvgIpc) is 2.98. The van der Waals surface area contributed by atoms with Gasteiger partial charge in [-0.1, -0.05) is 0 Å². The third-order valence-corrected chi connectivity index (χ3v) is 3.43. The van der Waals surface area contributed by atoms with Crippen LogP contribution in [0.1, 0.15) is 26.0 Å². The Bertz CT molecular complexity index is 421. The van der Waals surface area contributed by atoms with Gasteiger partial charge in [-0.3, -0.25) is 0 Å². The highest BCUT2D eigenvalue weighted by Gasteiger charge is 2.26. The van der Waals surface area contributed by atoms with Crippen LogP contribution in [0.3, 0.4) is 0 Å². The number of nitrogens with zero attached hydrogens (tertiary/aromatic N) is 1. The van der Waals surface area contributed by atoms with Crippen LogP contribution in [0.5, 0.6) is 0 Å². The number of urea groups is 1. The van der Waals surface area contributed by atoms with E-state index in [-0.39, 0.29) is 18.2 Å². The van der Waals surface area contributed by atoms with E-state index in [1.165, 1.54) is 0 Å². The topological polar surface area (TPSA) is 63.9 Å². The van der Waals surface area contributed by atoms with E-state index >= 15 is 0 Å². The van der Waals surface area contributed by atoms with Crippen LogP contribution < -0.4 is 5.32 Å². The third kappa shape index (κ3) is 5.06. The molecule has 1 aliphatic rings. The number of morpholine rings is 1. The second-order valence-electron chi connectivity index (χ2n) is 5.36. The number of furan rings is 1. The zero-order chi connectivity index (χ0) is 15.1. The lowest BCUT2D eigenvalue weighted by Crippen LogP contribution is -2.53. The van der Waals surface area contributed by atoms with Gasteiger partial charge < -0.3 is 24.1 Å². The predicted octanol–water partition coefficient (Wildman–Crippen LogP) is 2.01. The van der Waals surface area contributed by atoms with E-state index in [1.54, 1.807) is 6.26 Å². The Balaban J connectivity index is 1.56. The molecule has 118 valence electrons. The van der Waals surface area contributed by atoms with E-state index in [1.807, 2.05) is 30.9 Å². The highest BCUT2D eigenvalue weighted by molar-refractivity contribution is 5.74.